The van der Waals surface area contributed by atoms with Gasteiger partial charge in [-0.2, -0.15) is 5.10 Å². The third kappa shape index (κ3) is 6.14. The molecule has 2 saturated heterocycles. The number of rotatable bonds is 7. The molecule has 40 heavy (non-hydrogen) atoms. The van der Waals surface area contributed by atoms with Crippen molar-refractivity contribution >= 4 is 17.7 Å². The van der Waals surface area contributed by atoms with E-state index in [0.29, 0.717) is 30.4 Å². The number of hydrogen-bond acceptors (Lipinski definition) is 5. The van der Waals surface area contributed by atoms with Gasteiger partial charge in [0.2, 0.25) is 11.8 Å². The summed E-state index contributed by atoms with van der Waals surface area (Å²) in [4.78, 5) is 55.6. The molecular formula is C31H35N5O4. The van der Waals surface area contributed by atoms with Crippen LogP contribution in [0.15, 0.2) is 65.5 Å². The van der Waals surface area contributed by atoms with E-state index in [-0.39, 0.29) is 35.9 Å². The van der Waals surface area contributed by atoms with E-state index in [1.54, 1.807) is 35.2 Å². The lowest BCUT2D eigenvalue weighted by Crippen LogP contribution is -2.51. The van der Waals surface area contributed by atoms with Crippen LogP contribution in [0, 0.1) is 6.92 Å². The molecule has 0 aliphatic carbocycles. The van der Waals surface area contributed by atoms with E-state index in [0.717, 1.165) is 49.2 Å². The number of carbonyl (C=O) groups excluding carboxylic acids is 3. The lowest BCUT2D eigenvalue weighted by Gasteiger charge is -2.35. The molecule has 3 heterocycles. The summed E-state index contributed by atoms with van der Waals surface area (Å²) in [5.41, 5.74) is 3.38. The number of hydrogen-bond donors (Lipinski definition) is 2. The van der Waals surface area contributed by atoms with Crippen molar-refractivity contribution in [1.82, 2.24) is 25.3 Å². The number of piperidine rings is 1. The smallest absolute Gasteiger partial charge is 0.267 e. The maximum atomic E-state index is 13.6. The van der Waals surface area contributed by atoms with Crippen molar-refractivity contribution in [2.75, 3.05) is 19.6 Å². The average molecular weight is 542 g/mol. The first-order valence-electron chi connectivity index (χ1n) is 14.0. The van der Waals surface area contributed by atoms with E-state index in [9.17, 15) is 19.2 Å². The van der Waals surface area contributed by atoms with Gasteiger partial charge in [-0.1, -0.05) is 42.5 Å². The lowest BCUT2D eigenvalue weighted by atomic mass is 10.0. The molecule has 9 heteroatoms. The monoisotopic (exact) mass is 541 g/mol. The van der Waals surface area contributed by atoms with Gasteiger partial charge in [-0.05, 0) is 68.4 Å². The number of nitrogens with one attached hydrogen (secondary N) is 2. The quantitative estimate of drug-likeness (QED) is 0.477. The van der Waals surface area contributed by atoms with Gasteiger partial charge >= 0.3 is 0 Å². The highest BCUT2D eigenvalue weighted by Crippen LogP contribution is 2.37. The molecule has 0 bridgehead atoms. The normalized spacial score (nSPS) is 18.9. The summed E-state index contributed by atoms with van der Waals surface area (Å²) in [7, 11) is 0. The molecule has 208 valence electrons. The van der Waals surface area contributed by atoms with Gasteiger partial charge in [-0.15, -0.1) is 0 Å². The highest BCUT2D eigenvalue weighted by Gasteiger charge is 2.43. The number of nitrogens with zero attached hydrogens (tertiary/aromatic N) is 3. The highest BCUT2D eigenvalue weighted by atomic mass is 16.2. The largest absolute Gasteiger partial charge is 0.343 e. The van der Waals surface area contributed by atoms with E-state index in [4.69, 9.17) is 0 Å². The van der Waals surface area contributed by atoms with Crippen molar-refractivity contribution in [1.29, 1.82) is 0 Å². The van der Waals surface area contributed by atoms with Crippen molar-refractivity contribution in [2.45, 2.75) is 57.5 Å². The van der Waals surface area contributed by atoms with Crippen LogP contribution in [0.2, 0.25) is 0 Å². The second-order valence-electron chi connectivity index (χ2n) is 10.6. The molecule has 2 aromatic carbocycles. The molecule has 2 aliphatic heterocycles. The zero-order chi connectivity index (χ0) is 28.1. The third-order valence-corrected chi connectivity index (χ3v) is 7.83. The maximum absolute atomic E-state index is 13.6. The standard InChI is InChI=1S/C31H35N5O4/c1-21-18-25(30(39)34-33-21)19-22-10-12-24(13-11-22)29(38)32-20-28(37)36-26(23-8-4-2-5-9-23)14-15-27(36)31(40)35-16-6-3-7-17-35/h2,4-5,8-13,18,26-27H,3,6-7,14-17,19-20H2,1H3,(H,32,38)(H,34,39)/t26-,27+/m0/s1. The van der Waals surface area contributed by atoms with Gasteiger partial charge in [0.1, 0.15) is 6.04 Å². The van der Waals surface area contributed by atoms with Crippen LogP contribution in [-0.4, -0.2) is 63.4 Å². The van der Waals surface area contributed by atoms with E-state index in [1.165, 1.54) is 0 Å². The second-order valence-corrected chi connectivity index (χ2v) is 10.6. The Kier molecular flexibility index (Phi) is 8.38. The molecule has 0 spiro atoms. The molecule has 5 rings (SSSR count). The summed E-state index contributed by atoms with van der Waals surface area (Å²) in [6.45, 7) is 3.08. The number of carbonyl (C=O) groups is 3. The number of likely N-dealkylation sites (tertiary alicyclic amines) is 2. The topological polar surface area (TPSA) is 115 Å². The first kappa shape index (κ1) is 27.3. The molecule has 3 aromatic rings. The van der Waals surface area contributed by atoms with Crippen molar-refractivity contribution in [3.05, 3.63) is 99.0 Å². The van der Waals surface area contributed by atoms with Crippen LogP contribution < -0.4 is 10.9 Å². The minimum Gasteiger partial charge on any atom is -0.343 e. The van der Waals surface area contributed by atoms with Crippen LogP contribution in [0.4, 0.5) is 0 Å². The van der Waals surface area contributed by atoms with Crippen LogP contribution in [0.1, 0.15) is 70.9 Å². The fourth-order valence-electron chi connectivity index (χ4n) is 5.76. The fourth-order valence-corrected chi connectivity index (χ4v) is 5.76. The Morgan fingerprint density at radius 1 is 0.975 bits per heavy atom. The van der Waals surface area contributed by atoms with Gasteiger partial charge in [0.15, 0.2) is 0 Å². The summed E-state index contributed by atoms with van der Waals surface area (Å²) in [5, 5.41) is 9.13. The number of aryl methyl sites for hydroxylation is 1. The summed E-state index contributed by atoms with van der Waals surface area (Å²) < 4.78 is 0. The van der Waals surface area contributed by atoms with Crippen LogP contribution in [-0.2, 0) is 16.0 Å². The molecule has 0 saturated carbocycles. The Bertz CT molecular complexity index is 1410. The van der Waals surface area contributed by atoms with Crippen LogP contribution in [0.25, 0.3) is 0 Å². The van der Waals surface area contributed by atoms with Crippen LogP contribution in [0.5, 0.6) is 0 Å². The van der Waals surface area contributed by atoms with Crippen molar-refractivity contribution < 1.29 is 14.4 Å². The van der Waals surface area contributed by atoms with Gasteiger partial charge < -0.3 is 15.1 Å². The van der Waals surface area contributed by atoms with Gasteiger partial charge in [0.25, 0.3) is 11.5 Å². The molecule has 3 amide bonds. The zero-order valence-corrected chi connectivity index (χ0v) is 22.8. The Balaban J connectivity index is 1.26. The predicted molar refractivity (Wildman–Crippen MR) is 151 cm³/mol. The van der Waals surface area contributed by atoms with Crippen LogP contribution >= 0.6 is 0 Å². The number of benzene rings is 2. The first-order valence-corrected chi connectivity index (χ1v) is 14.0. The number of aromatic nitrogens is 2. The Morgan fingerprint density at radius 2 is 1.70 bits per heavy atom. The van der Waals surface area contributed by atoms with E-state index in [1.807, 2.05) is 42.2 Å². The van der Waals surface area contributed by atoms with E-state index >= 15 is 0 Å². The molecule has 9 nitrogen and oxygen atoms in total. The predicted octanol–water partition coefficient (Wildman–Crippen LogP) is 3.14. The van der Waals surface area contributed by atoms with Crippen molar-refractivity contribution in [3.8, 4) is 0 Å². The van der Waals surface area contributed by atoms with E-state index < -0.39 is 6.04 Å². The SMILES string of the molecule is Cc1cc(Cc2ccc(C(=O)NCC(=O)N3[C@@H](C(=O)N4CCCCC4)CC[C@H]3c3ccccc3)cc2)c(=O)[nH]n1. The molecule has 2 fully saturated rings. The average Bonchev–Trinajstić information content (AvgIpc) is 3.44. The van der Waals surface area contributed by atoms with Crippen molar-refractivity contribution in [2.24, 2.45) is 0 Å². The molecular weight excluding hydrogens is 506 g/mol. The van der Waals surface area contributed by atoms with Gasteiger partial charge in [0.05, 0.1) is 18.3 Å². The summed E-state index contributed by atoms with van der Waals surface area (Å²) in [5.74, 6) is -0.623. The number of amides is 3. The van der Waals surface area contributed by atoms with Gasteiger partial charge in [-0.25, -0.2) is 5.10 Å². The lowest BCUT2D eigenvalue weighted by molar-refractivity contribution is -0.145. The molecule has 0 radical (unpaired) electrons. The molecule has 0 unspecified atom stereocenters. The Hall–Kier alpha value is -4.27. The molecule has 2 aliphatic rings. The number of aromatic amines is 1. The molecule has 1 aromatic heterocycles. The zero-order valence-electron chi connectivity index (χ0n) is 22.8. The summed E-state index contributed by atoms with van der Waals surface area (Å²) in [6.07, 6.45) is 4.83. The van der Waals surface area contributed by atoms with Crippen LogP contribution in [0.3, 0.4) is 0 Å². The minimum atomic E-state index is -0.521. The third-order valence-electron chi connectivity index (χ3n) is 7.83. The van der Waals surface area contributed by atoms with Crippen molar-refractivity contribution in [3.63, 3.8) is 0 Å². The highest BCUT2D eigenvalue weighted by molar-refractivity contribution is 5.97. The number of H-pyrrole nitrogens is 1. The van der Waals surface area contributed by atoms with E-state index in [2.05, 4.69) is 15.5 Å². The minimum absolute atomic E-state index is 0.0108. The summed E-state index contributed by atoms with van der Waals surface area (Å²) in [6, 6.07) is 17.8. The molecule has 2 atom stereocenters. The molecule has 2 N–H and O–H groups in total. The van der Waals surface area contributed by atoms with Gasteiger partial charge in [-0.3, -0.25) is 19.2 Å². The summed E-state index contributed by atoms with van der Waals surface area (Å²) >= 11 is 0. The second kappa shape index (κ2) is 12.3. The first-order chi connectivity index (χ1) is 19.4. The maximum Gasteiger partial charge on any atom is 0.267 e. The fraction of sp³-hybridized carbons (Fsp3) is 0.387. The Morgan fingerprint density at radius 3 is 2.42 bits per heavy atom. The Labute approximate surface area is 233 Å². The van der Waals surface area contributed by atoms with Gasteiger partial charge in [0, 0.05) is 30.6 Å².